The van der Waals surface area contributed by atoms with Crippen LogP contribution in [-0.2, 0) is 6.18 Å². The average Bonchev–Trinajstić information content (AvgIpc) is 3.27. The quantitative estimate of drug-likeness (QED) is 0.592. The molecule has 1 N–H and O–H groups in total. The van der Waals surface area contributed by atoms with E-state index < -0.39 is 11.9 Å². The number of nitrogens with one attached hydrogen (secondary N) is 1. The number of alkyl halides is 3. The minimum atomic E-state index is -4.49. The fourth-order valence-corrected chi connectivity index (χ4v) is 4.42. The molecule has 2 heterocycles. The van der Waals surface area contributed by atoms with Crippen LogP contribution < -0.4 is 15.0 Å². The van der Waals surface area contributed by atoms with Crippen LogP contribution in [0.3, 0.4) is 0 Å². The first-order valence-corrected chi connectivity index (χ1v) is 10.9. The van der Waals surface area contributed by atoms with Crippen LogP contribution in [-0.4, -0.2) is 41.5 Å². The van der Waals surface area contributed by atoms with Gasteiger partial charge in [-0.1, -0.05) is 6.07 Å². The van der Waals surface area contributed by atoms with Crippen LogP contribution >= 0.6 is 0 Å². The van der Waals surface area contributed by atoms with E-state index >= 15 is 0 Å². The van der Waals surface area contributed by atoms with Crippen molar-refractivity contribution in [2.45, 2.75) is 50.9 Å². The highest BCUT2D eigenvalue weighted by molar-refractivity contribution is 5.94. The maximum atomic E-state index is 13.2. The summed E-state index contributed by atoms with van der Waals surface area (Å²) in [6.45, 7) is 1.75. The van der Waals surface area contributed by atoms with Gasteiger partial charge in [-0.2, -0.15) is 13.2 Å². The van der Waals surface area contributed by atoms with Crippen LogP contribution in [0.2, 0.25) is 0 Å². The number of hydrogen-bond acceptors (Lipinski definition) is 4. The van der Waals surface area contributed by atoms with Crippen LogP contribution in [0.1, 0.15) is 47.3 Å². The molecule has 2 aromatic heterocycles. The number of benzene rings is 1. The van der Waals surface area contributed by atoms with E-state index in [9.17, 15) is 18.0 Å². The highest BCUT2D eigenvalue weighted by Gasteiger charge is 2.35. The Hall–Kier alpha value is -3.23. The minimum Gasteiger partial charge on any atom is -0.497 e. The molecule has 0 atom stereocenters. The molecule has 4 rings (SSSR count). The van der Waals surface area contributed by atoms with Crippen LogP contribution in [0.15, 0.2) is 42.6 Å². The van der Waals surface area contributed by atoms with Gasteiger partial charge in [-0.3, -0.25) is 9.20 Å². The van der Waals surface area contributed by atoms with E-state index in [1.807, 2.05) is 18.0 Å². The molecule has 0 bridgehead atoms. The summed E-state index contributed by atoms with van der Waals surface area (Å²) in [4.78, 5) is 18.4. The molecular weight excluding hydrogens is 433 g/mol. The van der Waals surface area contributed by atoms with Gasteiger partial charge in [0.25, 0.3) is 5.91 Å². The number of hydrogen-bond donors (Lipinski definition) is 1. The number of methoxy groups -OCH3 is 1. The summed E-state index contributed by atoms with van der Waals surface area (Å²) in [5, 5.41) is 3.09. The van der Waals surface area contributed by atoms with Gasteiger partial charge in [0, 0.05) is 30.9 Å². The zero-order chi connectivity index (χ0) is 23.8. The van der Waals surface area contributed by atoms with Crippen molar-refractivity contribution in [1.82, 2.24) is 14.7 Å². The van der Waals surface area contributed by atoms with Crippen LogP contribution in [0, 0.1) is 6.92 Å². The van der Waals surface area contributed by atoms with Crippen LogP contribution in [0.5, 0.6) is 5.75 Å². The molecule has 176 valence electrons. The third-order valence-corrected chi connectivity index (χ3v) is 6.37. The summed E-state index contributed by atoms with van der Waals surface area (Å²) in [5.74, 6) is 1.25. The molecule has 1 fully saturated rings. The maximum Gasteiger partial charge on any atom is 0.434 e. The first-order chi connectivity index (χ1) is 15.7. The molecule has 6 nitrogen and oxygen atoms in total. The lowest BCUT2D eigenvalue weighted by molar-refractivity contribution is -0.140. The Bertz CT molecular complexity index is 1130. The Morgan fingerprint density at radius 1 is 1.12 bits per heavy atom. The molecular formula is C24H27F3N4O2. The van der Waals surface area contributed by atoms with Crippen molar-refractivity contribution < 1.29 is 22.7 Å². The zero-order valence-corrected chi connectivity index (χ0v) is 18.8. The number of aryl methyl sites for hydroxylation is 1. The molecule has 0 unspecified atom stereocenters. The minimum absolute atomic E-state index is 0.0624. The zero-order valence-electron chi connectivity index (χ0n) is 18.8. The highest BCUT2D eigenvalue weighted by atomic mass is 19.4. The van der Waals surface area contributed by atoms with E-state index in [0.717, 1.165) is 31.9 Å². The molecule has 9 heteroatoms. The van der Waals surface area contributed by atoms with Gasteiger partial charge in [-0.05, 0) is 68.5 Å². The predicted molar refractivity (Wildman–Crippen MR) is 120 cm³/mol. The second kappa shape index (κ2) is 8.96. The lowest BCUT2D eigenvalue weighted by atomic mass is 9.90. The lowest BCUT2D eigenvalue weighted by Crippen LogP contribution is -2.43. The largest absolute Gasteiger partial charge is 0.497 e. The number of ether oxygens (including phenoxy) is 1. The maximum absolute atomic E-state index is 13.2. The van der Waals surface area contributed by atoms with Gasteiger partial charge >= 0.3 is 6.18 Å². The number of amides is 1. The van der Waals surface area contributed by atoms with E-state index in [4.69, 9.17) is 4.74 Å². The van der Waals surface area contributed by atoms with E-state index in [1.54, 1.807) is 44.4 Å². The summed E-state index contributed by atoms with van der Waals surface area (Å²) in [7, 11) is 3.48. The van der Waals surface area contributed by atoms with Crippen molar-refractivity contribution in [2.24, 2.45) is 0 Å². The Kier molecular flexibility index (Phi) is 6.23. The molecule has 3 aromatic rings. The summed E-state index contributed by atoms with van der Waals surface area (Å²) < 4.78 is 46.3. The molecule has 1 aliphatic carbocycles. The molecule has 0 spiro atoms. The molecule has 0 saturated heterocycles. The summed E-state index contributed by atoms with van der Waals surface area (Å²) in [6, 6.07) is 10.8. The van der Waals surface area contributed by atoms with Crippen LogP contribution in [0.4, 0.5) is 19.0 Å². The summed E-state index contributed by atoms with van der Waals surface area (Å²) in [5.41, 5.74) is 0.689. The molecule has 33 heavy (non-hydrogen) atoms. The first kappa shape index (κ1) is 22.9. The van der Waals surface area contributed by atoms with Crippen molar-refractivity contribution in [3.8, 4) is 5.75 Å². The summed E-state index contributed by atoms with van der Waals surface area (Å²) >= 11 is 0. The number of carbonyl (C=O) groups excluding carboxylic acids is 1. The second-order valence-electron chi connectivity index (χ2n) is 8.51. The number of pyridine rings is 1. The van der Waals surface area contributed by atoms with E-state index in [0.29, 0.717) is 28.3 Å². The number of imidazole rings is 1. The number of anilines is 1. The Morgan fingerprint density at radius 3 is 2.39 bits per heavy atom. The average molecular weight is 461 g/mol. The normalized spacial score (nSPS) is 18.8. The molecule has 0 radical (unpaired) electrons. The molecule has 1 aliphatic rings. The molecule has 1 saturated carbocycles. The SMILES string of the molecule is COc1ccc(C(=O)NC2CCC(N(C)c3ccc(C)c4nc(C(F)(F)F)cn34)CC2)cc1. The van der Waals surface area contributed by atoms with Gasteiger partial charge in [-0.25, -0.2) is 4.98 Å². The number of fused-ring (bicyclic) bond motifs is 1. The standard InChI is InChI=1S/C24H27F3N4O2/c1-15-4-13-21(31-14-20(24(25,26)27)29-22(15)31)30(2)18-9-7-17(8-10-18)28-23(32)16-5-11-19(33-3)12-6-16/h4-6,11-14,17-18H,7-10H2,1-3H3,(H,28,32). The van der Waals surface area contributed by atoms with Gasteiger partial charge in [0.15, 0.2) is 5.69 Å². The third kappa shape index (κ3) is 4.77. The monoisotopic (exact) mass is 460 g/mol. The number of rotatable bonds is 5. The van der Waals surface area contributed by atoms with Gasteiger partial charge in [-0.15, -0.1) is 0 Å². The fourth-order valence-electron chi connectivity index (χ4n) is 4.42. The van der Waals surface area contributed by atoms with Crippen molar-refractivity contribution in [3.05, 3.63) is 59.4 Å². The van der Waals surface area contributed by atoms with Gasteiger partial charge in [0.05, 0.1) is 7.11 Å². The molecule has 1 aromatic carbocycles. The van der Waals surface area contributed by atoms with Crippen molar-refractivity contribution in [1.29, 1.82) is 0 Å². The van der Waals surface area contributed by atoms with Crippen LogP contribution in [0.25, 0.3) is 5.65 Å². The van der Waals surface area contributed by atoms with Gasteiger partial charge in [0.1, 0.15) is 17.2 Å². The smallest absolute Gasteiger partial charge is 0.434 e. The van der Waals surface area contributed by atoms with Crippen molar-refractivity contribution >= 4 is 17.4 Å². The second-order valence-corrected chi connectivity index (χ2v) is 8.51. The Balaban J connectivity index is 1.42. The van der Waals surface area contributed by atoms with E-state index in [2.05, 4.69) is 10.3 Å². The number of nitrogens with zero attached hydrogens (tertiary/aromatic N) is 3. The molecule has 0 aliphatic heterocycles. The van der Waals surface area contributed by atoms with Crippen molar-refractivity contribution in [2.75, 3.05) is 19.1 Å². The number of aromatic nitrogens is 2. The van der Waals surface area contributed by atoms with E-state index in [1.165, 1.54) is 4.40 Å². The Morgan fingerprint density at radius 2 is 1.79 bits per heavy atom. The van der Waals surface area contributed by atoms with Gasteiger partial charge < -0.3 is 15.0 Å². The fraction of sp³-hybridized carbons (Fsp3) is 0.417. The highest BCUT2D eigenvalue weighted by Crippen LogP contribution is 2.32. The lowest BCUT2D eigenvalue weighted by Gasteiger charge is -2.36. The van der Waals surface area contributed by atoms with Gasteiger partial charge in [0.2, 0.25) is 0 Å². The first-order valence-electron chi connectivity index (χ1n) is 10.9. The predicted octanol–water partition coefficient (Wildman–Crippen LogP) is 4.85. The topological polar surface area (TPSA) is 58.9 Å². The van der Waals surface area contributed by atoms with Crippen molar-refractivity contribution in [3.63, 3.8) is 0 Å². The third-order valence-electron chi connectivity index (χ3n) is 6.37. The number of carbonyl (C=O) groups is 1. The molecule has 1 amide bonds. The van der Waals surface area contributed by atoms with E-state index in [-0.39, 0.29) is 18.0 Å². The Labute approximate surface area is 190 Å². The summed E-state index contributed by atoms with van der Waals surface area (Å²) in [6.07, 6.45) is -0.197. The number of halogens is 3.